The maximum absolute atomic E-state index is 12.1. The number of hydrazine groups is 1. The number of hydrogen-bond acceptors (Lipinski definition) is 3. The molecule has 22 heavy (non-hydrogen) atoms. The van der Waals surface area contributed by atoms with Crippen molar-refractivity contribution in [2.24, 2.45) is 0 Å². The first kappa shape index (κ1) is 14.7. The van der Waals surface area contributed by atoms with Crippen molar-refractivity contribution in [3.05, 3.63) is 59.6 Å². The van der Waals surface area contributed by atoms with Crippen LogP contribution in [-0.2, 0) is 4.79 Å². The minimum absolute atomic E-state index is 0.0211. The zero-order chi connectivity index (χ0) is 15.5. The summed E-state index contributed by atoms with van der Waals surface area (Å²) in [6.45, 7) is 2.40. The lowest BCUT2D eigenvalue weighted by molar-refractivity contribution is -0.129. The highest BCUT2D eigenvalue weighted by molar-refractivity contribution is 6.30. The molecular formula is C17H18ClN3O. The molecule has 0 spiro atoms. The predicted molar refractivity (Wildman–Crippen MR) is 89.8 cm³/mol. The molecule has 2 aromatic rings. The maximum Gasteiger partial charge on any atom is 0.239 e. The molecule has 1 fully saturated rings. The summed E-state index contributed by atoms with van der Waals surface area (Å²) in [6.07, 6.45) is 0.802. The van der Waals surface area contributed by atoms with Crippen molar-refractivity contribution < 1.29 is 4.79 Å². The largest absolute Gasteiger partial charge is 0.364 e. The summed E-state index contributed by atoms with van der Waals surface area (Å²) in [5.74, 6) is 0.0211. The van der Waals surface area contributed by atoms with E-state index in [0.29, 0.717) is 5.02 Å². The van der Waals surface area contributed by atoms with E-state index in [0.717, 1.165) is 24.3 Å². The molecule has 0 aliphatic carbocycles. The van der Waals surface area contributed by atoms with Crippen molar-refractivity contribution in [2.75, 3.05) is 16.9 Å². The number of halogens is 1. The highest BCUT2D eigenvalue weighted by atomic mass is 35.5. The lowest BCUT2D eigenvalue weighted by Crippen LogP contribution is -2.47. The van der Waals surface area contributed by atoms with Gasteiger partial charge in [0, 0.05) is 30.6 Å². The summed E-state index contributed by atoms with van der Waals surface area (Å²) in [5, 5.41) is 7.91. The zero-order valence-electron chi connectivity index (χ0n) is 12.4. The molecule has 3 rings (SSSR count). The molecule has 114 valence electrons. The van der Waals surface area contributed by atoms with Crippen molar-refractivity contribution in [1.29, 1.82) is 0 Å². The summed E-state index contributed by atoms with van der Waals surface area (Å²) in [7, 11) is 0. The fraction of sp³-hybridized carbons (Fsp3) is 0.235. The van der Waals surface area contributed by atoms with Gasteiger partial charge in [-0.05, 0) is 36.4 Å². The molecule has 0 aromatic heterocycles. The van der Waals surface area contributed by atoms with Gasteiger partial charge in [0.2, 0.25) is 5.91 Å². The van der Waals surface area contributed by atoms with Crippen LogP contribution < -0.4 is 10.3 Å². The van der Waals surface area contributed by atoms with Crippen molar-refractivity contribution in [1.82, 2.24) is 5.01 Å². The van der Waals surface area contributed by atoms with Crippen LogP contribution in [0.15, 0.2) is 54.6 Å². The van der Waals surface area contributed by atoms with Crippen LogP contribution in [0.4, 0.5) is 11.4 Å². The normalized spacial score (nSPS) is 17.6. The Bertz CT molecular complexity index is 645. The molecule has 1 aliphatic heterocycles. The molecule has 0 saturated carbocycles. The van der Waals surface area contributed by atoms with Crippen LogP contribution in [0.1, 0.15) is 13.3 Å². The number of para-hydroxylation sites is 1. The van der Waals surface area contributed by atoms with E-state index >= 15 is 0 Å². The average molecular weight is 316 g/mol. The maximum atomic E-state index is 12.1. The second-order valence-corrected chi connectivity index (χ2v) is 5.71. The molecule has 0 radical (unpaired) electrons. The Balaban J connectivity index is 1.80. The fourth-order valence-electron chi connectivity index (χ4n) is 2.76. The third-order valence-corrected chi connectivity index (χ3v) is 3.98. The van der Waals surface area contributed by atoms with Crippen LogP contribution >= 0.6 is 11.6 Å². The summed E-state index contributed by atoms with van der Waals surface area (Å²) < 4.78 is 0. The first-order valence-corrected chi connectivity index (χ1v) is 7.67. The Kier molecular flexibility index (Phi) is 4.20. The monoisotopic (exact) mass is 315 g/mol. The minimum atomic E-state index is -0.0566. The smallest absolute Gasteiger partial charge is 0.239 e. The third-order valence-electron chi connectivity index (χ3n) is 3.72. The second kappa shape index (κ2) is 6.28. The summed E-state index contributed by atoms with van der Waals surface area (Å²) in [6, 6.07) is 17.5. The molecule has 1 heterocycles. The van der Waals surface area contributed by atoms with E-state index in [9.17, 15) is 4.79 Å². The molecule has 1 saturated heterocycles. The van der Waals surface area contributed by atoms with Gasteiger partial charge in [0.15, 0.2) is 0 Å². The molecular weight excluding hydrogens is 298 g/mol. The lowest BCUT2D eigenvalue weighted by atomic mass is 10.3. The van der Waals surface area contributed by atoms with Crippen molar-refractivity contribution in [3.8, 4) is 0 Å². The molecule has 0 unspecified atom stereocenters. The Morgan fingerprint density at radius 3 is 2.45 bits per heavy atom. The van der Waals surface area contributed by atoms with Gasteiger partial charge >= 0.3 is 0 Å². The molecule has 0 bridgehead atoms. The van der Waals surface area contributed by atoms with E-state index in [1.807, 2.05) is 59.6 Å². The standard InChI is InChI=1S/C17H18ClN3O/c1-13(22)21-17(19-15-9-7-14(18)8-10-15)11-12-20(21)16-5-3-2-4-6-16/h2-10,17,19H,11-12H2,1H3/t17-/m1/s1. The molecule has 5 heteroatoms. The van der Waals surface area contributed by atoms with Crippen LogP contribution in [-0.4, -0.2) is 23.6 Å². The highest BCUT2D eigenvalue weighted by Gasteiger charge is 2.33. The number of carbonyl (C=O) groups excluding carboxylic acids is 1. The number of anilines is 2. The van der Waals surface area contributed by atoms with E-state index in [2.05, 4.69) is 5.32 Å². The topological polar surface area (TPSA) is 35.6 Å². The van der Waals surface area contributed by atoms with Crippen molar-refractivity contribution in [3.63, 3.8) is 0 Å². The Morgan fingerprint density at radius 1 is 1.14 bits per heavy atom. The number of hydrogen-bond donors (Lipinski definition) is 1. The van der Waals surface area contributed by atoms with E-state index in [4.69, 9.17) is 11.6 Å². The van der Waals surface area contributed by atoms with Crippen LogP contribution in [0.2, 0.25) is 5.02 Å². The first-order valence-electron chi connectivity index (χ1n) is 7.29. The Morgan fingerprint density at radius 2 is 1.82 bits per heavy atom. The number of amides is 1. The highest BCUT2D eigenvalue weighted by Crippen LogP contribution is 2.27. The molecule has 1 amide bonds. The van der Waals surface area contributed by atoms with Gasteiger partial charge in [-0.1, -0.05) is 29.8 Å². The number of nitrogens with zero attached hydrogens (tertiary/aromatic N) is 2. The van der Waals surface area contributed by atoms with E-state index < -0.39 is 0 Å². The predicted octanol–water partition coefficient (Wildman–Crippen LogP) is 3.75. The van der Waals surface area contributed by atoms with Gasteiger partial charge in [-0.25, -0.2) is 5.01 Å². The van der Waals surface area contributed by atoms with Gasteiger partial charge in [0.05, 0.1) is 5.69 Å². The van der Waals surface area contributed by atoms with Gasteiger partial charge in [0.25, 0.3) is 0 Å². The molecule has 4 nitrogen and oxygen atoms in total. The van der Waals surface area contributed by atoms with E-state index in [-0.39, 0.29) is 12.1 Å². The number of rotatable bonds is 3. The molecule has 1 atom stereocenters. The van der Waals surface area contributed by atoms with Crippen LogP contribution in [0, 0.1) is 0 Å². The minimum Gasteiger partial charge on any atom is -0.364 e. The van der Waals surface area contributed by atoms with Gasteiger partial charge in [-0.15, -0.1) is 0 Å². The third kappa shape index (κ3) is 3.02. The Labute approximate surface area is 135 Å². The SMILES string of the molecule is CC(=O)N1[C@@H](Nc2ccc(Cl)cc2)CCN1c1ccccc1. The number of nitrogens with one attached hydrogen (secondary N) is 1. The fourth-order valence-corrected chi connectivity index (χ4v) is 2.88. The van der Waals surface area contributed by atoms with Gasteiger partial charge in [0.1, 0.15) is 6.17 Å². The number of benzene rings is 2. The van der Waals surface area contributed by atoms with Gasteiger partial charge in [-0.2, -0.15) is 0 Å². The van der Waals surface area contributed by atoms with Crippen LogP contribution in [0.25, 0.3) is 0 Å². The summed E-state index contributed by atoms with van der Waals surface area (Å²) >= 11 is 5.91. The molecule has 2 aromatic carbocycles. The summed E-state index contributed by atoms with van der Waals surface area (Å²) in [4.78, 5) is 12.1. The average Bonchev–Trinajstić information content (AvgIpc) is 2.94. The first-order chi connectivity index (χ1) is 10.6. The molecule has 1 N–H and O–H groups in total. The lowest BCUT2D eigenvalue weighted by Gasteiger charge is -2.33. The summed E-state index contributed by atoms with van der Waals surface area (Å²) in [5.41, 5.74) is 1.98. The van der Waals surface area contributed by atoms with Crippen LogP contribution in [0.3, 0.4) is 0 Å². The van der Waals surface area contributed by atoms with E-state index in [1.54, 1.807) is 11.9 Å². The Hall–Kier alpha value is -2.20. The number of carbonyl (C=O) groups is 1. The molecule has 1 aliphatic rings. The van der Waals surface area contributed by atoms with Crippen molar-refractivity contribution in [2.45, 2.75) is 19.5 Å². The van der Waals surface area contributed by atoms with Crippen molar-refractivity contribution >= 4 is 28.9 Å². The second-order valence-electron chi connectivity index (χ2n) is 5.28. The zero-order valence-corrected chi connectivity index (χ0v) is 13.1. The van der Waals surface area contributed by atoms with Gasteiger partial charge in [-0.3, -0.25) is 9.80 Å². The van der Waals surface area contributed by atoms with Gasteiger partial charge < -0.3 is 5.32 Å². The quantitative estimate of drug-likeness (QED) is 0.937. The van der Waals surface area contributed by atoms with Crippen LogP contribution in [0.5, 0.6) is 0 Å². The van der Waals surface area contributed by atoms with E-state index in [1.165, 1.54) is 0 Å².